The van der Waals surface area contributed by atoms with E-state index in [9.17, 15) is 19.6 Å². The summed E-state index contributed by atoms with van der Waals surface area (Å²) in [6.45, 7) is 5.49. The van der Waals surface area contributed by atoms with Crippen LogP contribution < -0.4 is 10.4 Å². The number of aliphatic imine (C=N–C) groups is 1. The molecule has 2 unspecified atom stereocenters. The fourth-order valence-electron chi connectivity index (χ4n) is 6.04. The molecule has 12 heteroatoms. The highest BCUT2D eigenvalue weighted by Gasteiger charge is 2.43. The van der Waals surface area contributed by atoms with E-state index >= 15 is 0 Å². The lowest BCUT2D eigenvalue weighted by molar-refractivity contribution is -0.138. The van der Waals surface area contributed by atoms with Crippen molar-refractivity contribution in [1.29, 1.82) is 0 Å². The lowest BCUT2D eigenvalue weighted by atomic mass is 9.74. The van der Waals surface area contributed by atoms with Gasteiger partial charge >= 0.3 is 5.97 Å². The number of aromatic nitrogens is 3. The number of esters is 1. The third-order valence-electron chi connectivity index (χ3n) is 8.18. The van der Waals surface area contributed by atoms with Crippen molar-refractivity contribution in [2.24, 2.45) is 10.9 Å². The first-order valence-electron chi connectivity index (χ1n) is 15.2. The van der Waals surface area contributed by atoms with Crippen LogP contribution in [0.3, 0.4) is 0 Å². The molecule has 0 saturated heterocycles. The average Bonchev–Trinajstić information content (AvgIpc) is 3.43. The van der Waals surface area contributed by atoms with Crippen LogP contribution in [0.5, 0.6) is 0 Å². The molecule has 11 nitrogen and oxygen atoms in total. The monoisotopic (exact) mass is 662 g/mol. The van der Waals surface area contributed by atoms with Gasteiger partial charge in [0, 0.05) is 39.8 Å². The Labute approximate surface area is 281 Å². The van der Waals surface area contributed by atoms with Crippen LogP contribution in [0.15, 0.2) is 102 Å². The Balaban J connectivity index is 1.45. The van der Waals surface area contributed by atoms with Crippen LogP contribution >= 0.6 is 11.6 Å². The van der Waals surface area contributed by atoms with Crippen LogP contribution in [0.4, 0.5) is 11.4 Å². The summed E-state index contributed by atoms with van der Waals surface area (Å²) in [4.78, 5) is 52.6. The van der Waals surface area contributed by atoms with Gasteiger partial charge in [0.2, 0.25) is 12.3 Å². The molecule has 2 aromatic heterocycles. The van der Waals surface area contributed by atoms with Crippen molar-refractivity contribution in [3.8, 4) is 5.69 Å². The lowest BCUT2D eigenvalue weighted by Gasteiger charge is -2.33. The highest BCUT2D eigenvalue weighted by molar-refractivity contribution is 6.31. The number of hydroxylamine groups is 1. The molecule has 3 heterocycles. The van der Waals surface area contributed by atoms with Crippen LogP contribution in [0.25, 0.3) is 22.4 Å². The summed E-state index contributed by atoms with van der Waals surface area (Å²) >= 11 is 6.76. The molecule has 2 amide bonds. The minimum atomic E-state index is -0.940. The van der Waals surface area contributed by atoms with Crippen LogP contribution in [0, 0.1) is 12.8 Å². The summed E-state index contributed by atoms with van der Waals surface area (Å²) in [5.74, 6) is -2.04. The van der Waals surface area contributed by atoms with Crippen LogP contribution in [-0.2, 0) is 19.1 Å². The van der Waals surface area contributed by atoms with Gasteiger partial charge in [-0.05, 0) is 74.9 Å². The average molecular weight is 663 g/mol. The Morgan fingerprint density at radius 3 is 2.46 bits per heavy atom. The zero-order valence-corrected chi connectivity index (χ0v) is 27.0. The summed E-state index contributed by atoms with van der Waals surface area (Å²) in [5.41, 5.74) is 5.46. The molecule has 0 fully saturated rings. The summed E-state index contributed by atoms with van der Waals surface area (Å²) < 4.78 is 7.60. The maximum atomic E-state index is 14.1. The van der Waals surface area contributed by atoms with Crippen molar-refractivity contribution >= 4 is 63.7 Å². The molecule has 0 aliphatic carbocycles. The number of hydrogen-bond donors (Lipinski definition) is 2. The van der Waals surface area contributed by atoms with Gasteiger partial charge in [0.1, 0.15) is 11.3 Å². The molecule has 48 heavy (non-hydrogen) atoms. The minimum absolute atomic E-state index is 0.111. The number of aryl methyl sites for hydroxylation is 1. The Bertz CT molecular complexity index is 2090. The zero-order valence-electron chi connectivity index (χ0n) is 26.3. The number of nitrogens with one attached hydrogen (secondary N) is 1. The maximum absolute atomic E-state index is 14.1. The number of benzene rings is 3. The molecule has 5 aromatic rings. The first-order chi connectivity index (χ1) is 23.2. The maximum Gasteiger partial charge on any atom is 0.336 e. The van der Waals surface area contributed by atoms with Gasteiger partial charge in [-0.25, -0.2) is 9.78 Å². The second kappa shape index (κ2) is 13.6. The Kier molecular flexibility index (Phi) is 9.15. The SMILES string of the molecule is CCOC(=O)C1=C(c2ccc(-n3c(C)nc4cnccc43)cc2)N=C(C)C(C(=O)Nc2ccc(N(O)C=O)cc2)C1c1ccccc1Cl. The fourth-order valence-corrected chi connectivity index (χ4v) is 6.30. The van der Waals surface area contributed by atoms with Gasteiger partial charge in [-0.15, -0.1) is 0 Å². The number of carbonyl (C=O) groups excluding carboxylic acids is 3. The third kappa shape index (κ3) is 6.08. The predicted molar refractivity (Wildman–Crippen MR) is 183 cm³/mol. The van der Waals surface area contributed by atoms with E-state index in [1.165, 1.54) is 12.1 Å². The second-order valence-electron chi connectivity index (χ2n) is 11.1. The molecule has 3 aromatic carbocycles. The van der Waals surface area contributed by atoms with E-state index in [4.69, 9.17) is 21.3 Å². The van der Waals surface area contributed by atoms with Crippen molar-refractivity contribution < 1.29 is 24.3 Å². The van der Waals surface area contributed by atoms with E-state index in [0.717, 1.165) is 22.5 Å². The number of anilines is 2. The largest absolute Gasteiger partial charge is 0.463 e. The topological polar surface area (TPSA) is 139 Å². The second-order valence-corrected chi connectivity index (χ2v) is 11.5. The molecule has 0 saturated carbocycles. The van der Waals surface area contributed by atoms with Gasteiger partial charge in [0.05, 0.1) is 41.2 Å². The first-order valence-corrected chi connectivity index (χ1v) is 15.5. The molecule has 0 radical (unpaired) electrons. The summed E-state index contributed by atoms with van der Waals surface area (Å²) in [7, 11) is 0. The van der Waals surface area contributed by atoms with Crippen molar-refractivity contribution in [2.75, 3.05) is 17.0 Å². The normalized spacial score (nSPS) is 16.0. The van der Waals surface area contributed by atoms with Gasteiger partial charge in [-0.2, -0.15) is 5.06 Å². The van der Waals surface area contributed by atoms with Crippen molar-refractivity contribution in [3.63, 3.8) is 0 Å². The molecule has 1 aliphatic heterocycles. The van der Waals surface area contributed by atoms with Gasteiger partial charge in [0.25, 0.3) is 0 Å². The van der Waals surface area contributed by atoms with E-state index in [1.807, 2.05) is 41.8 Å². The number of hydrogen-bond acceptors (Lipinski definition) is 8. The van der Waals surface area contributed by atoms with E-state index < -0.39 is 23.7 Å². The number of nitrogens with zero attached hydrogens (tertiary/aromatic N) is 5. The predicted octanol–water partition coefficient (Wildman–Crippen LogP) is 6.52. The van der Waals surface area contributed by atoms with Crippen LogP contribution in [-0.4, -0.2) is 50.3 Å². The highest BCUT2D eigenvalue weighted by Crippen LogP contribution is 2.45. The highest BCUT2D eigenvalue weighted by atomic mass is 35.5. The number of pyridine rings is 1. The van der Waals surface area contributed by atoms with Gasteiger partial charge in [-0.3, -0.25) is 29.3 Å². The Hall–Kier alpha value is -5.65. The standard InChI is InChI=1S/C36H31ClN6O5/c1-4-48-36(46)33-32(27-7-5-6-8-28(27)37)31(35(45)41-24-11-15-25(16-12-24)42(47)20-44)21(2)39-34(33)23-9-13-26(14-10-23)43-22(3)40-29-19-38-18-17-30(29)43/h5-20,31-32,47H,4H2,1-3H3,(H,41,45). The van der Waals surface area contributed by atoms with E-state index in [1.54, 1.807) is 62.6 Å². The number of imidazole rings is 1. The Morgan fingerprint density at radius 1 is 1.04 bits per heavy atom. The zero-order chi connectivity index (χ0) is 33.9. The fraction of sp³-hybridized carbons (Fsp3) is 0.167. The number of ether oxygens (including phenoxy) is 1. The summed E-state index contributed by atoms with van der Waals surface area (Å²) in [6, 6.07) is 22.7. The molecule has 1 aliphatic rings. The number of fused-ring (bicyclic) bond motifs is 1. The molecule has 2 N–H and O–H groups in total. The number of halogens is 1. The lowest BCUT2D eigenvalue weighted by Crippen LogP contribution is -2.38. The van der Waals surface area contributed by atoms with Gasteiger partial charge < -0.3 is 10.1 Å². The van der Waals surface area contributed by atoms with E-state index in [0.29, 0.717) is 38.3 Å². The molecule has 2 atom stereocenters. The molecule has 0 spiro atoms. The van der Waals surface area contributed by atoms with E-state index in [2.05, 4.69) is 15.3 Å². The molecule has 0 bridgehead atoms. The van der Waals surface area contributed by atoms with E-state index in [-0.39, 0.29) is 24.3 Å². The van der Waals surface area contributed by atoms with Gasteiger partial charge in [0.15, 0.2) is 0 Å². The summed E-state index contributed by atoms with van der Waals surface area (Å²) in [6.07, 6.45) is 3.70. The third-order valence-corrected chi connectivity index (χ3v) is 8.52. The molecule has 242 valence electrons. The van der Waals surface area contributed by atoms with Crippen LogP contribution in [0.1, 0.15) is 36.7 Å². The first kappa shape index (κ1) is 32.3. The van der Waals surface area contributed by atoms with Crippen molar-refractivity contribution in [2.45, 2.75) is 26.7 Å². The van der Waals surface area contributed by atoms with Crippen molar-refractivity contribution in [1.82, 2.24) is 14.5 Å². The summed E-state index contributed by atoms with van der Waals surface area (Å²) in [5, 5.41) is 13.4. The van der Waals surface area contributed by atoms with Crippen LogP contribution in [0.2, 0.25) is 5.02 Å². The number of rotatable bonds is 9. The minimum Gasteiger partial charge on any atom is -0.463 e. The van der Waals surface area contributed by atoms with Gasteiger partial charge in [-0.1, -0.05) is 41.9 Å². The quantitative estimate of drug-likeness (QED) is 0.0793. The Morgan fingerprint density at radius 2 is 1.77 bits per heavy atom. The number of carbonyl (C=O) groups is 3. The number of amides is 2. The van der Waals surface area contributed by atoms with Crippen molar-refractivity contribution in [3.05, 3.63) is 119 Å². The molecule has 6 rings (SSSR count). The molecular weight excluding hydrogens is 632 g/mol. The smallest absolute Gasteiger partial charge is 0.336 e. The molecular formula is C36H31ClN6O5.